The van der Waals surface area contributed by atoms with Crippen molar-refractivity contribution in [3.63, 3.8) is 0 Å². The lowest BCUT2D eigenvalue weighted by Gasteiger charge is -2.22. The standard InChI is InChI=1S/C17H21FN2O/c1-12(2)14-4-6-17(21)20(8-7-14)11-13-3-5-16(18)15(9-13)10-19/h3,5,9,12,14H,4,6-8,11H2,1-2H3. The van der Waals surface area contributed by atoms with Gasteiger partial charge in [-0.3, -0.25) is 4.79 Å². The second-order valence-electron chi connectivity index (χ2n) is 6.07. The summed E-state index contributed by atoms with van der Waals surface area (Å²) in [5.74, 6) is 0.819. The first-order valence-electron chi connectivity index (χ1n) is 7.47. The smallest absolute Gasteiger partial charge is 0.222 e. The fraction of sp³-hybridized carbons (Fsp3) is 0.529. The fourth-order valence-electron chi connectivity index (χ4n) is 2.87. The molecule has 1 heterocycles. The van der Waals surface area contributed by atoms with Crippen LogP contribution in [0, 0.1) is 29.0 Å². The van der Waals surface area contributed by atoms with E-state index in [9.17, 15) is 9.18 Å². The first-order chi connectivity index (χ1) is 10.0. The van der Waals surface area contributed by atoms with Gasteiger partial charge in [0.05, 0.1) is 5.56 Å². The third kappa shape index (κ3) is 3.81. The minimum Gasteiger partial charge on any atom is -0.338 e. The molecule has 112 valence electrons. The molecule has 1 atom stereocenters. The number of likely N-dealkylation sites (tertiary alicyclic amines) is 1. The monoisotopic (exact) mass is 288 g/mol. The number of benzene rings is 1. The van der Waals surface area contributed by atoms with Gasteiger partial charge in [0.2, 0.25) is 5.91 Å². The van der Waals surface area contributed by atoms with Crippen LogP contribution in [0.25, 0.3) is 0 Å². The van der Waals surface area contributed by atoms with Crippen molar-refractivity contribution in [2.75, 3.05) is 6.54 Å². The van der Waals surface area contributed by atoms with Gasteiger partial charge in [0.15, 0.2) is 0 Å². The summed E-state index contributed by atoms with van der Waals surface area (Å²) in [6.45, 7) is 5.59. The Labute approximate surface area is 125 Å². The summed E-state index contributed by atoms with van der Waals surface area (Å²) < 4.78 is 13.3. The van der Waals surface area contributed by atoms with Crippen molar-refractivity contribution in [3.05, 3.63) is 35.1 Å². The largest absolute Gasteiger partial charge is 0.338 e. The van der Waals surface area contributed by atoms with Crippen LogP contribution in [0.5, 0.6) is 0 Å². The molecule has 1 fully saturated rings. The van der Waals surface area contributed by atoms with Gasteiger partial charge in [-0.1, -0.05) is 19.9 Å². The Bertz CT molecular complexity index is 562. The lowest BCUT2D eigenvalue weighted by molar-refractivity contribution is -0.131. The molecule has 1 unspecified atom stereocenters. The van der Waals surface area contributed by atoms with Crippen LogP contribution in [0.2, 0.25) is 0 Å². The van der Waals surface area contributed by atoms with E-state index >= 15 is 0 Å². The zero-order valence-corrected chi connectivity index (χ0v) is 12.6. The van der Waals surface area contributed by atoms with Crippen molar-refractivity contribution in [1.82, 2.24) is 4.90 Å². The van der Waals surface area contributed by atoms with Gasteiger partial charge < -0.3 is 4.90 Å². The van der Waals surface area contributed by atoms with Gasteiger partial charge in [0.25, 0.3) is 0 Å². The average Bonchev–Trinajstić information content (AvgIpc) is 2.64. The predicted octanol–water partition coefficient (Wildman–Crippen LogP) is 3.48. The van der Waals surface area contributed by atoms with Gasteiger partial charge in [0.1, 0.15) is 11.9 Å². The molecule has 1 saturated heterocycles. The summed E-state index contributed by atoms with van der Waals surface area (Å²) >= 11 is 0. The van der Waals surface area contributed by atoms with Crippen molar-refractivity contribution in [2.24, 2.45) is 11.8 Å². The second kappa shape index (κ2) is 6.71. The highest BCUT2D eigenvalue weighted by molar-refractivity contribution is 5.76. The van der Waals surface area contributed by atoms with E-state index in [2.05, 4.69) is 13.8 Å². The van der Waals surface area contributed by atoms with Gasteiger partial charge in [-0.15, -0.1) is 0 Å². The third-order valence-electron chi connectivity index (χ3n) is 4.32. The van der Waals surface area contributed by atoms with Crippen LogP contribution in [0.15, 0.2) is 18.2 Å². The Morgan fingerprint density at radius 1 is 1.43 bits per heavy atom. The molecule has 1 aromatic carbocycles. The summed E-state index contributed by atoms with van der Waals surface area (Å²) in [5, 5.41) is 8.87. The molecule has 0 spiro atoms. The number of hydrogen-bond acceptors (Lipinski definition) is 2. The van der Waals surface area contributed by atoms with E-state index in [1.54, 1.807) is 6.07 Å². The number of rotatable bonds is 3. The minimum absolute atomic E-state index is 0.0369. The summed E-state index contributed by atoms with van der Waals surface area (Å²) in [4.78, 5) is 14.0. The highest BCUT2D eigenvalue weighted by Crippen LogP contribution is 2.26. The normalized spacial score (nSPS) is 19.5. The van der Waals surface area contributed by atoms with Crippen LogP contribution < -0.4 is 0 Å². The molecule has 0 aromatic heterocycles. The zero-order valence-electron chi connectivity index (χ0n) is 12.6. The molecule has 0 bridgehead atoms. The minimum atomic E-state index is -0.511. The molecular formula is C17H21FN2O. The van der Waals surface area contributed by atoms with Crippen LogP contribution in [-0.4, -0.2) is 17.4 Å². The maximum atomic E-state index is 13.3. The number of carbonyl (C=O) groups is 1. The summed E-state index contributed by atoms with van der Waals surface area (Å²) in [6, 6.07) is 6.32. The maximum absolute atomic E-state index is 13.3. The van der Waals surface area contributed by atoms with Crippen LogP contribution in [0.3, 0.4) is 0 Å². The van der Waals surface area contributed by atoms with Gasteiger partial charge in [0, 0.05) is 19.5 Å². The molecule has 21 heavy (non-hydrogen) atoms. The molecule has 3 nitrogen and oxygen atoms in total. The lowest BCUT2D eigenvalue weighted by atomic mass is 9.89. The maximum Gasteiger partial charge on any atom is 0.222 e. The summed E-state index contributed by atoms with van der Waals surface area (Å²) in [5.41, 5.74) is 0.846. The number of halogens is 1. The Morgan fingerprint density at radius 2 is 2.19 bits per heavy atom. The van der Waals surface area contributed by atoms with E-state index < -0.39 is 5.82 Å². The average molecular weight is 288 g/mol. The molecule has 1 amide bonds. The van der Waals surface area contributed by atoms with E-state index in [-0.39, 0.29) is 11.5 Å². The Morgan fingerprint density at radius 3 is 2.86 bits per heavy atom. The van der Waals surface area contributed by atoms with Gasteiger partial charge in [-0.05, 0) is 42.4 Å². The summed E-state index contributed by atoms with van der Waals surface area (Å²) in [7, 11) is 0. The molecule has 0 saturated carbocycles. The van der Waals surface area contributed by atoms with E-state index in [4.69, 9.17) is 5.26 Å². The highest BCUT2D eigenvalue weighted by Gasteiger charge is 2.24. The number of hydrogen-bond donors (Lipinski definition) is 0. The topological polar surface area (TPSA) is 44.1 Å². The third-order valence-corrected chi connectivity index (χ3v) is 4.32. The molecule has 0 aliphatic carbocycles. The van der Waals surface area contributed by atoms with Crippen molar-refractivity contribution in [1.29, 1.82) is 5.26 Å². The van der Waals surface area contributed by atoms with Crippen molar-refractivity contribution < 1.29 is 9.18 Å². The van der Waals surface area contributed by atoms with Gasteiger partial charge in [-0.25, -0.2) is 4.39 Å². The Kier molecular flexibility index (Phi) is 4.95. The number of amides is 1. The highest BCUT2D eigenvalue weighted by atomic mass is 19.1. The Balaban J connectivity index is 2.08. The van der Waals surface area contributed by atoms with Crippen LogP contribution in [0.1, 0.15) is 44.2 Å². The molecule has 1 aliphatic heterocycles. The second-order valence-corrected chi connectivity index (χ2v) is 6.07. The number of nitrogens with zero attached hydrogens (tertiary/aromatic N) is 2. The molecule has 1 aliphatic rings. The Hall–Kier alpha value is -1.89. The van der Waals surface area contributed by atoms with Crippen molar-refractivity contribution in [3.8, 4) is 6.07 Å². The first kappa shape index (κ1) is 15.5. The molecule has 0 radical (unpaired) electrons. The number of nitriles is 1. The van der Waals surface area contributed by atoms with Crippen molar-refractivity contribution >= 4 is 5.91 Å². The van der Waals surface area contributed by atoms with E-state index in [1.807, 2.05) is 11.0 Å². The van der Waals surface area contributed by atoms with E-state index in [0.29, 0.717) is 24.8 Å². The molecular weight excluding hydrogens is 267 g/mol. The molecule has 2 rings (SSSR count). The van der Waals surface area contributed by atoms with Crippen LogP contribution in [0.4, 0.5) is 4.39 Å². The van der Waals surface area contributed by atoms with E-state index in [0.717, 1.165) is 24.9 Å². The molecule has 1 aromatic rings. The molecule has 4 heteroatoms. The summed E-state index contributed by atoms with van der Waals surface area (Å²) in [6.07, 6.45) is 2.53. The predicted molar refractivity (Wildman–Crippen MR) is 78.7 cm³/mol. The lowest BCUT2D eigenvalue weighted by Crippen LogP contribution is -2.29. The van der Waals surface area contributed by atoms with Crippen LogP contribution in [-0.2, 0) is 11.3 Å². The first-order valence-corrected chi connectivity index (χ1v) is 7.47. The zero-order chi connectivity index (χ0) is 15.4. The van der Waals surface area contributed by atoms with E-state index in [1.165, 1.54) is 12.1 Å². The fourth-order valence-corrected chi connectivity index (χ4v) is 2.87. The SMILES string of the molecule is CC(C)C1CCC(=O)N(Cc2ccc(F)c(C#N)c2)CC1. The number of carbonyl (C=O) groups excluding carboxylic acids is 1. The quantitative estimate of drug-likeness (QED) is 0.854. The van der Waals surface area contributed by atoms with Gasteiger partial charge in [-0.2, -0.15) is 5.26 Å². The van der Waals surface area contributed by atoms with Gasteiger partial charge >= 0.3 is 0 Å². The van der Waals surface area contributed by atoms with Crippen molar-refractivity contribution in [2.45, 2.75) is 39.7 Å². The molecule has 0 N–H and O–H groups in total. The van der Waals surface area contributed by atoms with Crippen LogP contribution >= 0.6 is 0 Å².